The molecule has 0 aliphatic carbocycles. The van der Waals surface area contributed by atoms with Gasteiger partial charge in [0.05, 0.1) is 6.54 Å². The number of aromatic nitrogens is 2. The summed E-state index contributed by atoms with van der Waals surface area (Å²) >= 11 is 6.04. The lowest BCUT2D eigenvalue weighted by atomic mass is 9.96. The van der Waals surface area contributed by atoms with Gasteiger partial charge in [-0.05, 0) is 50.2 Å². The van der Waals surface area contributed by atoms with Crippen LogP contribution in [-0.4, -0.2) is 54.2 Å². The SMILES string of the molecule is CN(CCNC(=O)C1CCN(Cc2nc(-c3cccc(Cl)c3)no2)CC1)c1ccccc1. The number of likely N-dealkylation sites (tertiary alicyclic amines) is 1. The maximum absolute atomic E-state index is 12.6. The van der Waals surface area contributed by atoms with E-state index in [0.717, 1.165) is 43.7 Å². The summed E-state index contributed by atoms with van der Waals surface area (Å²) in [7, 11) is 2.04. The van der Waals surface area contributed by atoms with Gasteiger partial charge in [-0.25, -0.2) is 0 Å². The molecular formula is C24H28ClN5O2. The average Bonchev–Trinajstić information content (AvgIpc) is 3.28. The van der Waals surface area contributed by atoms with Crippen LogP contribution in [0.25, 0.3) is 11.4 Å². The zero-order valence-electron chi connectivity index (χ0n) is 18.2. The van der Waals surface area contributed by atoms with Gasteiger partial charge >= 0.3 is 0 Å². The Bertz CT molecular complexity index is 1020. The molecule has 168 valence electrons. The average molecular weight is 454 g/mol. The second-order valence-corrected chi connectivity index (χ2v) is 8.56. The van der Waals surface area contributed by atoms with E-state index < -0.39 is 0 Å². The van der Waals surface area contributed by atoms with Crippen molar-refractivity contribution in [3.05, 3.63) is 65.5 Å². The number of amides is 1. The fourth-order valence-electron chi connectivity index (χ4n) is 3.91. The monoisotopic (exact) mass is 453 g/mol. The van der Waals surface area contributed by atoms with Gasteiger partial charge in [-0.2, -0.15) is 4.98 Å². The van der Waals surface area contributed by atoms with Crippen LogP contribution in [-0.2, 0) is 11.3 Å². The van der Waals surface area contributed by atoms with E-state index in [4.69, 9.17) is 16.1 Å². The molecule has 0 saturated carbocycles. The Balaban J connectivity index is 1.19. The van der Waals surface area contributed by atoms with Gasteiger partial charge < -0.3 is 14.7 Å². The minimum Gasteiger partial charge on any atom is -0.373 e. The van der Waals surface area contributed by atoms with E-state index in [2.05, 4.69) is 37.4 Å². The van der Waals surface area contributed by atoms with Gasteiger partial charge in [0.15, 0.2) is 0 Å². The van der Waals surface area contributed by atoms with Crippen molar-refractivity contribution in [2.24, 2.45) is 5.92 Å². The zero-order valence-corrected chi connectivity index (χ0v) is 19.0. The molecule has 3 aromatic rings. The minimum absolute atomic E-state index is 0.0537. The third-order valence-corrected chi connectivity index (χ3v) is 6.05. The van der Waals surface area contributed by atoms with Crippen LogP contribution in [0.2, 0.25) is 5.02 Å². The van der Waals surface area contributed by atoms with E-state index in [1.807, 2.05) is 49.5 Å². The highest BCUT2D eigenvalue weighted by Gasteiger charge is 2.26. The van der Waals surface area contributed by atoms with Gasteiger partial charge in [-0.3, -0.25) is 9.69 Å². The summed E-state index contributed by atoms with van der Waals surface area (Å²) in [6, 6.07) is 17.6. The Kier molecular flexibility index (Phi) is 7.39. The molecule has 1 fully saturated rings. The summed E-state index contributed by atoms with van der Waals surface area (Å²) in [4.78, 5) is 21.5. The van der Waals surface area contributed by atoms with Crippen LogP contribution in [0, 0.1) is 5.92 Å². The Morgan fingerprint density at radius 1 is 1.19 bits per heavy atom. The molecule has 1 aromatic heterocycles. The number of piperidine rings is 1. The lowest BCUT2D eigenvalue weighted by molar-refractivity contribution is -0.126. The smallest absolute Gasteiger partial charge is 0.241 e. The molecule has 1 N–H and O–H groups in total. The number of anilines is 1. The Labute approximate surface area is 193 Å². The van der Waals surface area contributed by atoms with Gasteiger partial charge in [0, 0.05) is 42.3 Å². The number of benzene rings is 2. The van der Waals surface area contributed by atoms with Gasteiger partial charge in [0.1, 0.15) is 0 Å². The largest absolute Gasteiger partial charge is 0.373 e. The summed E-state index contributed by atoms with van der Waals surface area (Å²) in [5.41, 5.74) is 1.98. The first-order chi connectivity index (χ1) is 15.6. The molecule has 2 aromatic carbocycles. The van der Waals surface area contributed by atoms with Crippen LogP contribution >= 0.6 is 11.6 Å². The van der Waals surface area contributed by atoms with Crippen molar-refractivity contribution in [1.82, 2.24) is 20.4 Å². The van der Waals surface area contributed by atoms with E-state index in [0.29, 0.717) is 29.8 Å². The van der Waals surface area contributed by atoms with Crippen molar-refractivity contribution in [2.75, 3.05) is 38.1 Å². The number of carbonyl (C=O) groups is 1. The number of hydrogen-bond donors (Lipinski definition) is 1. The quantitative estimate of drug-likeness (QED) is 0.558. The highest BCUT2D eigenvalue weighted by Crippen LogP contribution is 2.22. The molecule has 0 bridgehead atoms. The number of halogens is 1. The molecule has 1 amide bonds. The van der Waals surface area contributed by atoms with Crippen LogP contribution < -0.4 is 10.2 Å². The van der Waals surface area contributed by atoms with Gasteiger partial charge in [-0.1, -0.05) is 47.1 Å². The molecule has 0 unspecified atom stereocenters. The van der Waals surface area contributed by atoms with Crippen molar-refractivity contribution in [3.8, 4) is 11.4 Å². The normalized spacial score (nSPS) is 14.9. The number of hydrogen-bond acceptors (Lipinski definition) is 6. The minimum atomic E-state index is 0.0537. The Morgan fingerprint density at radius 3 is 2.72 bits per heavy atom. The molecule has 0 atom stereocenters. The number of nitrogens with one attached hydrogen (secondary N) is 1. The second-order valence-electron chi connectivity index (χ2n) is 8.12. The summed E-state index contributed by atoms with van der Waals surface area (Å²) in [5.74, 6) is 1.31. The van der Waals surface area contributed by atoms with Gasteiger partial charge in [0.2, 0.25) is 17.6 Å². The standard InChI is InChI=1S/C24H28ClN5O2/c1-29(21-8-3-2-4-9-21)15-12-26-24(31)18-10-13-30(14-11-18)17-22-27-23(28-32-22)19-6-5-7-20(25)16-19/h2-9,16,18H,10-15,17H2,1H3,(H,26,31). The van der Waals surface area contributed by atoms with Crippen LogP contribution in [0.3, 0.4) is 0 Å². The number of likely N-dealkylation sites (N-methyl/N-ethyl adjacent to an activating group) is 1. The van der Waals surface area contributed by atoms with E-state index in [9.17, 15) is 4.79 Å². The topological polar surface area (TPSA) is 74.5 Å². The van der Waals surface area contributed by atoms with Crippen LogP contribution in [0.1, 0.15) is 18.7 Å². The fraction of sp³-hybridized carbons (Fsp3) is 0.375. The highest BCUT2D eigenvalue weighted by molar-refractivity contribution is 6.30. The van der Waals surface area contributed by atoms with Crippen molar-refractivity contribution < 1.29 is 9.32 Å². The van der Waals surface area contributed by atoms with E-state index in [1.54, 1.807) is 0 Å². The molecule has 4 rings (SSSR count). The van der Waals surface area contributed by atoms with Crippen LogP contribution in [0.4, 0.5) is 5.69 Å². The summed E-state index contributed by atoms with van der Waals surface area (Å²) in [5, 5.41) is 7.80. The third kappa shape index (κ3) is 5.87. The van der Waals surface area contributed by atoms with Gasteiger partial charge in [0.25, 0.3) is 0 Å². The first-order valence-corrected chi connectivity index (χ1v) is 11.3. The highest BCUT2D eigenvalue weighted by atomic mass is 35.5. The summed E-state index contributed by atoms with van der Waals surface area (Å²) < 4.78 is 5.42. The lowest BCUT2D eigenvalue weighted by Crippen LogP contribution is -2.42. The third-order valence-electron chi connectivity index (χ3n) is 5.81. The molecule has 1 saturated heterocycles. The molecule has 1 aliphatic heterocycles. The summed E-state index contributed by atoms with van der Waals surface area (Å²) in [6.07, 6.45) is 1.66. The molecule has 1 aliphatic rings. The zero-order chi connectivity index (χ0) is 22.3. The van der Waals surface area contributed by atoms with E-state index in [-0.39, 0.29) is 11.8 Å². The number of nitrogens with zero attached hydrogens (tertiary/aromatic N) is 4. The fourth-order valence-corrected chi connectivity index (χ4v) is 4.10. The van der Waals surface area contributed by atoms with Crippen molar-refractivity contribution in [2.45, 2.75) is 19.4 Å². The van der Waals surface area contributed by atoms with E-state index in [1.165, 1.54) is 0 Å². The Morgan fingerprint density at radius 2 is 1.97 bits per heavy atom. The molecule has 7 nitrogen and oxygen atoms in total. The first kappa shape index (κ1) is 22.3. The van der Waals surface area contributed by atoms with Gasteiger partial charge in [-0.15, -0.1) is 0 Å². The van der Waals surface area contributed by atoms with Crippen LogP contribution in [0.15, 0.2) is 59.1 Å². The Hall–Kier alpha value is -2.90. The van der Waals surface area contributed by atoms with Crippen molar-refractivity contribution in [3.63, 3.8) is 0 Å². The maximum atomic E-state index is 12.6. The molecule has 0 radical (unpaired) electrons. The predicted octanol–water partition coefficient (Wildman–Crippen LogP) is 3.85. The number of carbonyl (C=O) groups excluding carboxylic acids is 1. The second kappa shape index (κ2) is 10.6. The molecule has 2 heterocycles. The first-order valence-electron chi connectivity index (χ1n) is 10.9. The van der Waals surface area contributed by atoms with Crippen molar-refractivity contribution in [1.29, 1.82) is 0 Å². The molecule has 8 heteroatoms. The molecular weight excluding hydrogens is 426 g/mol. The number of rotatable bonds is 8. The van der Waals surface area contributed by atoms with Crippen LogP contribution in [0.5, 0.6) is 0 Å². The molecule has 0 spiro atoms. The van der Waals surface area contributed by atoms with E-state index >= 15 is 0 Å². The predicted molar refractivity (Wildman–Crippen MR) is 125 cm³/mol. The summed E-state index contributed by atoms with van der Waals surface area (Å²) in [6.45, 7) is 3.66. The van der Waals surface area contributed by atoms with Crippen molar-refractivity contribution >= 4 is 23.2 Å². The molecule has 32 heavy (non-hydrogen) atoms. The lowest BCUT2D eigenvalue weighted by Gasteiger charge is -2.30. The number of para-hydroxylation sites is 1. The maximum Gasteiger partial charge on any atom is 0.241 e.